The van der Waals surface area contributed by atoms with Crippen LogP contribution in [0.4, 0.5) is 0 Å². The molecule has 5 nitrogen and oxygen atoms in total. The zero-order chi connectivity index (χ0) is 12.3. The molecule has 0 amide bonds. The van der Waals surface area contributed by atoms with Crippen LogP contribution >= 0.6 is 0 Å². The summed E-state index contributed by atoms with van der Waals surface area (Å²) in [5.41, 5.74) is 0. The molecule has 2 heterocycles. The van der Waals surface area contributed by atoms with E-state index in [1.165, 1.54) is 0 Å². The lowest BCUT2D eigenvalue weighted by atomic mass is 10.0. The van der Waals surface area contributed by atoms with Crippen molar-refractivity contribution in [2.24, 2.45) is 5.92 Å². The average molecular weight is 240 g/mol. The molecule has 0 aromatic carbocycles. The largest absolute Gasteiger partial charge is 0.488 e. The molecule has 1 aromatic heterocycles. The number of rotatable bonds is 5. The van der Waals surface area contributed by atoms with E-state index in [1.54, 1.807) is 10.9 Å². The van der Waals surface area contributed by atoms with E-state index in [0.29, 0.717) is 13.2 Å². The van der Waals surface area contributed by atoms with E-state index in [9.17, 15) is 5.11 Å². The smallest absolute Gasteiger partial charge is 0.157 e. The fourth-order valence-corrected chi connectivity index (χ4v) is 1.97. The van der Waals surface area contributed by atoms with Gasteiger partial charge in [-0.3, -0.25) is 4.68 Å². The maximum Gasteiger partial charge on any atom is 0.157 e. The van der Waals surface area contributed by atoms with Crippen LogP contribution in [-0.4, -0.2) is 40.3 Å². The van der Waals surface area contributed by atoms with Crippen molar-refractivity contribution in [3.8, 4) is 5.75 Å². The minimum atomic E-state index is -0.399. The maximum absolute atomic E-state index is 10.0. The normalized spacial score (nSPS) is 22.0. The molecule has 2 atom stereocenters. The molecular weight excluding hydrogens is 220 g/mol. The van der Waals surface area contributed by atoms with Gasteiger partial charge in [0.25, 0.3) is 0 Å². The highest BCUT2D eigenvalue weighted by Crippen LogP contribution is 2.18. The summed E-state index contributed by atoms with van der Waals surface area (Å²) in [5, 5.41) is 14.2. The van der Waals surface area contributed by atoms with Gasteiger partial charge in [0.2, 0.25) is 0 Å². The average Bonchev–Trinajstić information content (AvgIpc) is 2.87. The Morgan fingerprint density at radius 3 is 3.12 bits per heavy atom. The van der Waals surface area contributed by atoms with Crippen molar-refractivity contribution >= 4 is 0 Å². The van der Waals surface area contributed by atoms with E-state index in [4.69, 9.17) is 9.47 Å². The minimum absolute atomic E-state index is 0.140. The molecule has 0 radical (unpaired) electrons. The summed E-state index contributed by atoms with van der Waals surface area (Å²) in [6.45, 7) is 5.85. The van der Waals surface area contributed by atoms with Gasteiger partial charge in [0.15, 0.2) is 5.75 Å². The lowest BCUT2D eigenvalue weighted by Gasteiger charge is -2.15. The van der Waals surface area contributed by atoms with Gasteiger partial charge in [-0.15, -0.1) is 0 Å². The van der Waals surface area contributed by atoms with Crippen LogP contribution in [0.1, 0.15) is 20.3 Å². The summed E-state index contributed by atoms with van der Waals surface area (Å²) in [6.07, 6.45) is 4.17. The monoisotopic (exact) mass is 240 g/mol. The van der Waals surface area contributed by atoms with Crippen LogP contribution in [-0.2, 0) is 11.3 Å². The Labute approximate surface area is 101 Å². The molecule has 1 aliphatic heterocycles. The summed E-state index contributed by atoms with van der Waals surface area (Å²) >= 11 is 0. The SMILES string of the molecule is CC(C)Oc1cnn(CC(O)C2CCOC2)c1. The summed E-state index contributed by atoms with van der Waals surface area (Å²) < 4.78 is 12.5. The molecule has 1 N–H and O–H groups in total. The topological polar surface area (TPSA) is 56.5 Å². The lowest BCUT2D eigenvalue weighted by Crippen LogP contribution is -2.26. The lowest BCUT2D eigenvalue weighted by molar-refractivity contribution is 0.0747. The van der Waals surface area contributed by atoms with E-state index in [1.807, 2.05) is 20.0 Å². The second kappa shape index (κ2) is 5.51. The van der Waals surface area contributed by atoms with E-state index < -0.39 is 6.10 Å². The first kappa shape index (κ1) is 12.4. The molecule has 0 bridgehead atoms. The molecule has 5 heteroatoms. The van der Waals surface area contributed by atoms with E-state index >= 15 is 0 Å². The Kier molecular flexibility index (Phi) is 4.02. The molecule has 1 aliphatic rings. The summed E-state index contributed by atoms with van der Waals surface area (Å²) in [6, 6.07) is 0. The van der Waals surface area contributed by atoms with Crippen LogP contribution < -0.4 is 4.74 Å². The molecule has 0 saturated carbocycles. The molecule has 0 spiro atoms. The minimum Gasteiger partial charge on any atom is -0.488 e. The van der Waals surface area contributed by atoms with E-state index in [2.05, 4.69) is 5.10 Å². The maximum atomic E-state index is 10.0. The quantitative estimate of drug-likeness (QED) is 0.836. The zero-order valence-corrected chi connectivity index (χ0v) is 10.4. The van der Waals surface area contributed by atoms with Crippen LogP contribution in [0.5, 0.6) is 5.75 Å². The van der Waals surface area contributed by atoms with Gasteiger partial charge in [-0.05, 0) is 20.3 Å². The second-order valence-corrected chi connectivity index (χ2v) is 4.76. The molecule has 2 rings (SSSR count). The first-order valence-corrected chi connectivity index (χ1v) is 6.10. The molecule has 2 unspecified atom stereocenters. The van der Waals surface area contributed by atoms with Crippen molar-refractivity contribution in [2.75, 3.05) is 13.2 Å². The first-order valence-electron chi connectivity index (χ1n) is 6.10. The standard InChI is InChI=1S/C12H20N2O3/c1-9(2)17-11-5-13-14(6-11)7-12(15)10-3-4-16-8-10/h5-6,9-10,12,15H,3-4,7-8H2,1-2H3. The molecule has 1 saturated heterocycles. The number of hydrogen-bond donors (Lipinski definition) is 1. The Morgan fingerprint density at radius 1 is 1.65 bits per heavy atom. The summed E-state index contributed by atoms with van der Waals surface area (Å²) in [7, 11) is 0. The van der Waals surface area contributed by atoms with Gasteiger partial charge >= 0.3 is 0 Å². The van der Waals surface area contributed by atoms with Crippen LogP contribution in [0, 0.1) is 5.92 Å². The van der Waals surface area contributed by atoms with Crippen LogP contribution in [0.25, 0.3) is 0 Å². The van der Waals surface area contributed by atoms with Crippen molar-refractivity contribution in [3.05, 3.63) is 12.4 Å². The van der Waals surface area contributed by atoms with Gasteiger partial charge in [0, 0.05) is 12.5 Å². The molecule has 1 fully saturated rings. The van der Waals surface area contributed by atoms with Crippen LogP contribution in [0.15, 0.2) is 12.4 Å². The van der Waals surface area contributed by atoms with Crippen LogP contribution in [0.3, 0.4) is 0 Å². The Balaban J connectivity index is 1.87. The van der Waals surface area contributed by atoms with Crippen molar-refractivity contribution < 1.29 is 14.6 Å². The number of aliphatic hydroxyl groups is 1. The predicted molar refractivity (Wildman–Crippen MR) is 62.9 cm³/mol. The van der Waals surface area contributed by atoms with Crippen molar-refractivity contribution in [1.82, 2.24) is 9.78 Å². The van der Waals surface area contributed by atoms with Gasteiger partial charge in [-0.25, -0.2) is 0 Å². The zero-order valence-electron chi connectivity index (χ0n) is 10.4. The van der Waals surface area contributed by atoms with Gasteiger partial charge in [0.05, 0.1) is 37.8 Å². The van der Waals surface area contributed by atoms with Crippen molar-refractivity contribution in [1.29, 1.82) is 0 Å². The molecule has 0 aliphatic carbocycles. The van der Waals surface area contributed by atoms with Crippen molar-refractivity contribution in [3.63, 3.8) is 0 Å². The number of aromatic nitrogens is 2. The van der Waals surface area contributed by atoms with Gasteiger partial charge in [0.1, 0.15) is 0 Å². The fourth-order valence-electron chi connectivity index (χ4n) is 1.97. The van der Waals surface area contributed by atoms with E-state index in [-0.39, 0.29) is 12.0 Å². The highest BCUT2D eigenvalue weighted by atomic mass is 16.5. The number of hydrogen-bond acceptors (Lipinski definition) is 4. The van der Waals surface area contributed by atoms with E-state index in [0.717, 1.165) is 18.8 Å². The van der Waals surface area contributed by atoms with Gasteiger partial charge in [-0.1, -0.05) is 0 Å². The number of ether oxygens (including phenoxy) is 2. The molecule has 1 aromatic rings. The third-order valence-electron chi connectivity index (χ3n) is 2.86. The number of nitrogens with zero attached hydrogens (tertiary/aromatic N) is 2. The molecular formula is C12H20N2O3. The molecule has 17 heavy (non-hydrogen) atoms. The third kappa shape index (κ3) is 3.44. The van der Waals surface area contributed by atoms with Crippen LogP contribution in [0.2, 0.25) is 0 Å². The van der Waals surface area contributed by atoms with Gasteiger partial charge in [-0.2, -0.15) is 5.10 Å². The van der Waals surface area contributed by atoms with Gasteiger partial charge < -0.3 is 14.6 Å². The Morgan fingerprint density at radius 2 is 2.47 bits per heavy atom. The van der Waals surface area contributed by atoms with Crippen molar-refractivity contribution in [2.45, 2.75) is 39.0 Å². The number of aliphatic hydroxyl groups excluding tert-OH is 1. The highest BCUT2D eigenvalue weighted by molar-refractivity contribution is 5.12. The predicted octanol–water partition coefficient (Wildman–Crippen LogP) is 1.07. The third-order valence-corrected chi connectivity index (χ3v) is 2.86. The Hall–Kier alpha value is -1.07. The summed E-state index contributed by atoms with van der Waals surface area (Å²) in [4.78, 5) is 0. The fraction of sp³-hybridized carbons (Fsp3) is 0.750. The highest BCUT2D eigenvalue weighted by Gasteiger charge is 2.24. The summed E-state index contributed by atoms with van der Waals surface area (Å²) in [5.74, 6) is 0.975. The molecule has 96 valence electrons. The first-order chi connectivity index (χ1) is 8.15. The second-order valence-electron chi connectivity index (χ2n) is 4.76. The Bertz CT molecular complexity index is 345.